The van der Waals surface area contributed by atoms with E-state index in [9.17, 15) is 45.8 Å². The van der Waals surface area contributed by atoms with Crippen molar-refractivity contribution in [2.75, 3.05) is 6.54 Å². The largest absolute Gasteiger partial charge is 0.351 e. The van der Waals surface area contributed by atoms with Gasteiger partial charge in [-0.2, -0.15) is 4.31 Å². The summed E-state index contributed by atoms with van der Waals surface area (Å²) in [4.78, 5) is 14.1. The summed E-state index contributed by atoms with van der Waals surface area (Å²) in [7, 11) is -14.3. The number of carbonyl (C=O) groups excluding carboxylic acids is 1. The minimum Gasteiger partial charge on any atom is -0.351 e. The molecule has 0 unspecified atom stereocenters. The first-order chi connectivity index (χ1) is 17.8. The minimum absolute atomic E-state index is 0.0548. The van der Waals surface area contributed by atoms with Crippen LogP contribution in [0.3, 0.4) is 0 Å². The van der Waals surface area contributed by atoms with Gasteiger partial charge in [-0.25, -0.2) is 21.6 Å². The number of pyridine rings is 1. The van der Waals surface area contributed by atoms with Gasteiger partial charge in [-0.3, -0.25) is 9.78 Å². The second-order valence-corrected chi connectivity index (χ2v) is 13.0. The number of hydrogen-bond acceptors (Lipinski definition) is 4. The van der Waals surface area contributed by atoms with Crippen molar-refractivity contribution < 1.29 is 45.8 Å². The molecule has 2 atom stereocenters. The molecule has 16 heteroatoms. The van der Waals surface area contributed by atoms with Crippen LogP contribution in [0, 0.1) is 11.6 Å². The number of benzene rings is 2. The monoisotopic (exact) mass is 601 g/mol. The normalized spacial score (nSPS) is 20.3. The Kier molecular flexibility index (Phi) is 6.76. The van der Waals surface area contributed by atoms with Gasteiger partial charge >= 0.3 is 10.2 Å². The summed E-state index contributed by atoms with van der Waals surface area (Å²) >= 11 is 0. The van der Waals surface area contributed by atoms with Gasteiger partial charge in [0.05, 0.1) is 16.8 Å². The predicted octanol–water partition coefficient (Wildman–Crippen LogP) is 6.10. The van der Waals surface area contributed by atoms with Gasteiger partial charge in [0.1, 0.15) is 28.7 Å². The molecule has 1 aliphatic rings. The fourth-order valence-corrected chi connectivity index (χ4v) is 6.24. The van der Waals surface area contributed by atoms with Crippen LogP contribution in [0.1, 0.15) is 12.0 Å². The van der Waals surface area contributed by atoms with E-state index in [0.717, 1.165) is 42.5 Å². The Morgan fingerprint density at radius 3 is 2.21 bits per heavy atom. The van der Waals surface area contributed by atoms with Crippen molar-refractivity contribution in [2.45, 2.75) is 35.0 Å². The number of rotatable bonds is 7. The number of sulfonamides is 1. The Morgan fingerprint density at radius 2 is 1.62 bits per heavy atom. The van der Waals surface area contributed by atoms with Gasteiger partial charge in [0.25, 0.3) is 0 Å². The topological polar surface area (TPSA) is 79.4 Å². The number of nitrogens with zero attached hydrogens (tertiary/aromatic N) is 2. The fraction of sp³-hybridized carbons (Fsp3) is 0.217. The van der Waals surface area contributed by atoms with E-state index in [1.807, 2.05) is 0 Å². The second kappa shape index (κ2) is 9.16. The van der Waals surface area contributed by atoms with E-state index in [2.05, 4.69) is 10.3 Å². The lowest BCUT2D eigenvalue weighted by molar-refractivity contribution is -0.124. The fourth-order valence-electron chi connectivity index (χ4n) is 3.96. The third-order valence-electron chi connectivity index (χ3n) is 5.91. The van der Waals surface area contributed by atoms with Crippen LogP contribution in [-0.2, 0) is 21.4 Å². The van der Waals surface area contributed by atoms with Crippen LogP contribution >= 0.6 is 10.2 Å². The third kappa shape index (κ3) is 6.33. The molecule has 2 heterocycles. The minimum atomic E-state index is -9.89. The smallest absolute Gasteiger partial charge is 0.310 e. The Morgan fingerprint density at radius 1 is 1.00 bits per heavy atom. The molecule has 0 bridgehead atoms. The Bertz CT molecular complexity index is 1520. The molecule has 1 saturated heterocycles. The molecule has 1 fully saturated rings. The molecule has 3 aromatic rings. The lowest BCUT2D eigenvalue weighted by atomic mass is 10.1. The average molecular weight is 602 g/mol. The molecular formula is C23H19F8N3O3S2. The first-order valence-electron chi connectivity index (χ1n) is 11.0. The highest BCUT2D eigenvalue weighted by atomic mass is 32.5. The highest BCUT2D eigenvalue weighted by molar-refractivity contribution is 8.45. The molecular weight excluding hydrogens is 582 g/mol. The van der Waals surface area contributed by atoms with Gasteiger partial charge in [0.15, 0.2) is 0 Å². The Hall–Kier alpha value is -3.24. The molecule has 1 N–H and O–H groups in total. The molecule has 0 saturated carbocycles. The van der Waals surface area contributed by atoms with Crippen LogP contribution in [0.15, 0.2) is 70.6 Å². The molecule has 212 valence electrons. The van der Waals surface area contributed by atoms with Crippen LogP contribution < -0.4 is 5.32 Å². The number of carbonyl (C=O) groups is 1. The SMILES string of the molecule is O=C(NCc1cc(-c2ccc(S(F)(F)(F)(F)F)cc2)ncc1F)[C@@H]1C[C@@H](F)CN1S(=O)(=O)c1ccc(F)cc1. The van der Waals surface area contributed by atoms with Crippen LogP contribution in [0.4, 0.5) is 32.6 Å². The maximum atomic E-state index is 14.4. The molecule has 1 aromatic heterocycles. The predicted molar refractivity (Wildman–Crippen MR) is 126 cm³/mol. The quantitative estimate of drug-likeness (QED) is 0.332. The van der Waals surface area contributed by atoms with Gasteiger partial charge in [-0.1, -0.05) is 31.6 Å². The highest BCUT2D eigenvalue weighted by Crippen LogP contribution is 3.02. The number of nitrogens with one attached hydrogen (secondary N) is 1. The zero-order valence-electron chi connectivity index (χ0n) is 19.5. The molecule has 6 nitrogen and oxygen atoms in total. The maximum Gasteiger partial charge on any atom is 0.310 e. The molecule has 1 amide bonds. The molecule has 2 aromatic carbocycles. The van der Waals surface area contributed by atoms with E-state index >= 15 is 0 Å². The van der Waals surface area contributed by atoms with Gasteiger partial charge in [0, 0.05) is 30.6 Å². The standard InChI is InChI=1S/C23H19F8N3O3S2/c24-16-3-5-18(6-4-16)38(36,37)34-13-17(25)10-22(34)23(35)33-11-15-9-21(32-12-20(15)26)14-1-7-19(8-2-14)39(27,28,29,30)31/h1-9,12,17,22H,10-11,13H2,(H,33,35)/t17-,22+/m1/s1. The van der Waals surface area contributed by atoms with Gasteiger partial charge in [-0.15, -0.1) is 0 Å². The Labute approximate surface area is 217 Å². The first kappa shape index (κ1) is 28.8. The van der Waals surface area contributed by atoms with Crippen LogP contribution in [-0.4, -0.2) is 42.4 Å². The molecule has 39 heavy (non-hydrogen) atoms. The van der Waals surface area contributed by atoms with E-state index in [4.69, 9.17) is 0 Å². The van der Waals surface area contributed by atoms with Crippen molar-refractivity contribution in [3.63, 3.8) is 0 Å². The summed E-state index contributed by atoms with van der Waals surface area (Å²) in [6.07, 6.45) is -1.47. The zero-order valence-corrected chi connectivity index (χ0v) is 21.1. The van der Waals surface area contributed by atoms with Gasteiger partial charge in [-0.05, 0) is 42.5 Å². The first-order valence-corrected chi connectivity index (χ1v) is 14.4. The van der Waals surface area contributed by atoms with Crippen molar-refractivity contribution >= 4 is 26.2 Å². The zero-order chi connectivity index (χ0) is 28.9. The summed E-state index contributed by atoms with van der Waals surface area (Å²) in [6, 6.07) is 5.06. The summed E-state index contributed by atoms with van der Waals surface area (Å²) in [5.74, 6) is -2.60. The van der Waals surface area contributed by atoms with E-state index in [1.54, 1.807) is 0 Å². The molecule has 4 rings (SSSR count). The molecule has 0 spiro atoms. The summed E-state index contributed by atoms with van der Waals surface area (Å²) in [5.41, 5.74) is -0.367. The van der Waals surface area contributed by atoms with Crippen molar-refractivity contribution in [1.82, 2.24) is 14.6 Å². The lowest BCUT2D eigenvalue weighted by Crippen LogP contribution is -2.45. The third-order valence-corrected chi connectivity index (χ3v) is 8.96. The number of hydrogen-bond donors (Lipinski definition) is 1. The lowest BCUT2D eigenvalue weighted by Gasteiger charge is -2.40. The number of halogens is 8. The van der Waals surface area contributed by atoms with E-state index < -0.39 is 74.4 Å². The van der Waals surface area contributed by atoms with E-state index in [0.29, 0.717) is 10.5 Å². The van der Waals surface area contributed by atoms with E-state index in [-0.39, 0.29) is 33.8 Å². The number of alkyl halides is 1. The van der Waals surface area contributed by atoms with Crippen molar-refractivity contribution in [3.8, 4) is 11.3 Å². The van der Waals surface area contributed by atoms with Crippen LogP contribution in [0.5, 0.6) is 0 Å². The average Bonchev–Trinajstić information content (AvgIpc) is 3.25. The van der Waals surface area contributed by atoms with Crippen LogP contribution in [0.25, 0.3) is 11.3 Å². The number of aromatic nitrogens is 1. The summed E-state index contributed by atoms with van der Waals surface area (Å²) in [6.45, 7) is -1.18. The Balaban J connectivity index is 1.52. The van der Waals surface area contributed by atoms with Gasteiger partial charge < -0.3 is 5.32 Å². The van der Waals surface area contributed by atoms with Gasteiger partial charge in [0.2, 0.25) is 15.9 Å². The highest BCUT2D eigenvalue weighted by Gasteiger charge is 2.65. The van der Waals surface area contributed by atoms with Crippen molar-refractivity contribution in [1.29, 1.82) is 0 Å². The van der Waals surface area contributed by atoms with Crippen LogP contribution in [0.2, 0.25) is 0 Å². The second-order valence-electron chi connectivity index (χ2n) is 8.75. The van der Waals surface area contributed by atoms with Crippen molar-refractivity contribution in [2.24, 2.45) is 0 Å². The summed E-state index contributed by atoms with van der Waals surface area (Å²) in [5, 5.41) is 2.30. The van der Waals surface area contributed by atoms with Crippen molar-refractivity contribution in [3.05, 3.63) is 78.0 Å². The molecule has 1 aliphatic heterocycles. The summed E-state index contributed by atoms with van der Waals surface area (Å²) < 4.78 is 133. The number of amides is 1. The van der Waals surface area contributed by atoms with E-state index in [1.165, 1.54) is 0 Å². The molecule has 0 aliphatic carbocycles. The maximum absolute atomic E-state index is 14.4. The molecule has 0 radical (unpaired) electrons.